The molecular formula is C12H19N3O4S. The normalized spacial score (nSPS) is 12.8. The fourth-order valence-corrected chi connectivity index (χ4v) is 2.40. The number of benzene rings is 1. The number of anilines is 1. The van der Waals surface area contributed by atoms with Crippen molar-refractivity contribution in [3.8, 4) is 0 Å². The van der Waals surface area contributed by atoms with E-state index in [1.807, 2.05) is 0 Å². The highest BCUT2D eigenvalue weighted by Crippen LogP contribution is 2.24. The first-order chi connectivity index (χ1) is 9.11. The number of nitrogens with two attached hydrogens (primary N) is 1. The van der Waals surface area contributed by atoms with Gasteiger partial charge in [0.25, 0.3) is 10.1 Å². The summed E-state index contributed by atoms with van der Waals surface area (Å²) in [5.74, 6) is 0. The highest BCUT2D eigenvalue weighted by molar-refractivity contribution is 7.85. The van der Waals surface area contributed by atoms with Crippen molar-refractivity contribution in [2.24, 2.45) is 5.73 Å². The van der Waals surface area contributed by atoms with E-state index in [1.54, 1.807) is 26.8 Å². The summed E-state index contributed by atoms with van der Waals surface area (Å²) in [6.07, 6.45) is 0. The zero-order valence-corrected chi connectivity index (χ0v) is 12.4. The zero-order valence-electron chi connectivity index (χ0n) is 11.6. The lowest BCUT2D eigenvalue weighted by molar-refractivity contribution is 0.251. The first-order valence-electron chi connectivity index (χ1n) is 6.00. The van der Waals surface area contributed by atoms with Crippen LogP contribution in [0.25, 0.3) is 0 Å². The number of hydrogen-bond donors (Lipinski definition) is 4. The number of hydrogen-bond acceptors (Lipinski definition) is 4. The van der Waals surface area contributed by atoms with Crippen molar-refractivity contribution in [1.82, 2.24) is 5.32 Å². The predicted molar refractivity (Wildman–Crippen MR) is 76.4 cm³/mol. The number of amides is 2. The van der Waals surface area contributed by atoms with Gasteiger partial charge in [0, 0.05) is 18.3 Å². The van der Waals surface area contributed by atoms with E-state index in [-0.39, 0.29) is 10.9 Å². The Morgan fingerprint density at radius 3 is 2.45 bits per heavy atom. The molecular weight excluding hydrogens is 282 g/mol. The van der Waals surface area contributed by atoms with Gasteiger partial charge in [-0.15, -0.1) is 0 Å². The van der Waals surface area contributed by atoms with E-state index in [0.717, 1.165) is 0 Å². The zero-order chi connectivity index (χ0) is 15.5. The molecule has 5 N–H and O–H groups in total. The van der Waals surface area contributed by atoms with E-state index >= 15 is 0 Å². The van der Waals surface area contributed by atoms with Crippen LogP contribution in [0.1, 0.15) is 18.1 Å². The quantitative estimate of drug-likeness (QED) is 0.619. The maximum atomic E-state index is 11.6. The van der Waals surface area contributed by atoms with Crippen LogP contribution in [0.5, 0.6) is 0 Å². The highest BCUT2D eigenvalue weighted by atomic mass is 32.2. The Labute approximate surface area is 118 Å². The second-order valence-electron chi connectivity index (χ2n) is 4.72. The maximum absolute atomic E-state index is 11.6. The number of aryl methyl sites for hydroxylation is 2. The molecule has 0 heterocycles. The Morgan fingerprint density at radius 1 is 1.35 bits per heavy atom. The Morgan fingerprint density at radius 2 is 1.95 bits per heavy atom. The molecule has 0 aromatic heterocycles. The summed E-state index contributed by atoms with van der Waals surface area (Å²) in [5, 5.41) is 5.07. The van der Waals surface area contributed by atoms with Gasteiger partial charge in [0.15, 0.2) is 0 Å². The van der Waals surface area contributed by atoms with Gasteiger partial charge in [-0.1, -0.05) is 6.07 Å². The van der Waals surface area contributed by atoms with Gasteiger partial charge in [-0.05, 0) is 38.0 Å². The van der Waals surface area contributed by atoms with Crippen molar-refractivity contribution in [1.29, 1.82) is 0 Å². The van der Waals surface area contributed by atoms with Crippen molar-refractivity contribution in [2.45, 2.75) is 31.7 Å². The summed E-state index contributed by atoms with van der Waals surface area (Å²) in [6, 6.07) is 2.12. The van der Waals surface area contributed by atoms with Gasteiger partial charge in [-0.2, -0.15) is 8.42 Å². The van der Waals surface area contributed by atoms with Crippen LogP contribution in [0.2, 0.25) is 0 Å². The van der Waals surface area contributed by atoms with Crippen molar-refractivity contribution in [2.75, 3.05) is 11.9 Å². The Balaban J connectivity index is 2.99. The molecule has 0 bridgehead atoms. The summed E-state index contributed by atoms with van der Waals surface area (Å²) in [4.78, 5) is 11.4. The van der Waals surface area contributed by atoms with Crippen molar-refractivity contribution < 1.29 is 17.8 Å². The van der Waals surface area contributed by atoms with Gasteiger partial charge < -0.3 is 16.4 Å². The smallest absolute Gasteiger partial charge is 0.319 e. The molecule has 1 aromatic carbocycles. The van der Waals surface area contributed by atoms with E-state index in [4.69, 9.17) is 10.3 Å². The molecule has 112 valence electrons. The highest BCUT2D eigenvalue weighted by Gasteiger charge is 2.16. The van der Waals surface area contributed by atoms with Crippen LogP contribution < -0.4 is 16.4 Å². The van der Waals surface area contributed by atoms with Crippen molar-refractivity contribution in [3.05, 3.63) is 23.3 Å². The van der Waals surface area contributed by atoms with Crippen molar-refractivity contribution in [3.63, 3.8) is 0 Å². The molecule has 0 aliphatic carbocycles. The standard InChI is InChI=1S/C12H19N3O4S/c1-7-4-8(2)11(20(17,18)19)5-10(7)15-12(16)14-6-9(3)13/h4-5,9H,6,13H2,1-3H3,(H2,14,15,16)(H,17,18,19)/t9-/m0/s1. The van der Waals surface area contributed by atoms with E-state index in [0.29, 0.717) is 23.4 Å². The number of urea groups is 1. The van der Waals surface area contributed by atoms with E-state index in [2.05, 4.69) is 10.6 Å². The third-order valence-electron chi connectivity index (χ3n) is 2.63. The minimum atomic E-state index is -4.33. The van der Waals surface area contributed by atoms with Crippen LogP contribution in [0.4, 0.5) is 10.5 Å². The second kappa shape index (κ2) is 6.21. The number of nitrogens with one attached hydrogen (secondary N) is 2. The molecule has 1 atom stereocenters. The fourth-order valence-electron chi connectivity index (χ4n) is 1.67. The molecule has 2 amide bonds. The Kier molecular flexibility index (Phi) is 5.09. The summed E-state index contributed by atoms with van der Waals surface area (Å²) >= 11 is 0. The molecule has 0 aliphatic heterocycles. The van der Waals surface area contributed by atoms with Gasteiger partial charge in [-0.3, -0.25) is 4.55 Å². The lowest BCUT2D eigenvalue weighted by Gasteiger charge is -2.13. The van der Waals surface area contributed by atoms with Crippen LogP contribution in [-0.4, -0.2) is 31.6 Å². The van der Waals surface area contributed by atoms with E-state index < -0.39 is 16.1 Å². The summed E-state index contributed by atoms with van der Waals surface area (Å²) in [7, 11) is -4.33. The molecule has 8 heteroatoms. The molecule has 0 spiro atoms. The monoisotopic (exact) mass is 301 g/mol. The first-order valence-corrected chi connectivity index (χ1v) is 7.44. The molecule has 0 saturated heterocycles. The van der Waals surface area contributed by atoms with Gasteiger partial charge in [0.1, 0.15) is 0 Å². The van der Waals surface area contributed by atoms with Crippen LogP contribution in [0, 0.1) is 13.8 Å². The van der Waals surface area contributed by atoms with Crippen LogP contribution in [-0.2, 0) is 10.1 Å². The minimum Gasteiger partial charge on any atom is -0.336 e. The summed E-state index contributed by atoms with van der Waals surface area (Å²) in [5.41, 5.74) is 6.92. The van der Waals surface area contributed by atoms with Crippen molar-refractivity contribution >= 4 is 21.8 Å². The molecule has 0 fully saturated rings. The Hall–Kier alpha value is -1.64. The lowest BCUT2D eigenvalue weighted by Crippen LogP contribution is -2.37. The van der Waals surface area contributed by atoms with Gasteiger partial charge in [0.05, 0.1) is 4.90 Å². The average Bonchev–Trinajstić information content (AvgIpc) is 2.28. The lowest BCUT2D eigenvalue weighted by atomic mass is 10.1. The first kappa shape index (κ1) is 16.4. The second-order valence-corrected chi connectivity index (χ2v) is 6.11. The van der Waals surface area contributed by atoms with Gasteiger partial charge in [0.2, 0.25) is 0 Å². The topological polar surface area (TPSA) is 122 Å². The Bertz CT molecular complexity index is 611. The third-order valence-corrected chi connectivity index (χ3v) is 3.63. The van der Waals surface area contributed by atoms with E-state index in [9.17, 15) is 13.2 Å². The molecule has 1 aromatic rings. The number of rotatable bonds is 4. The van der Waals surface area contributed by atoms with Crippen LogP contribution in [0.15, 0.2) is 17.0 Å². The number of carbonyl (C=O) groups excluding carboxylic acids is 1. The predicted octanol–water partition coefficient (Wildman–Crippen LogP) is 1.02. The van der Waals surface area contributed by atoms with Crippen LogP contribution in [0.3, 0.4) is 0 Å². The molecule has 1 rings (SSSR count). The third kappa shape index (κ3) is 4.48. The molecule has 0 aliphatic rings. The minimum absolute atomic E-state index is 0.187. The number of carbonyl (C=O) groups is 1. The molecule has 7 nitrogen and oxygen atoms in total. The van der Waals surface area contributed by atoms with Gasteiger partial charge >= 0.3 is 6.03 Å². The molecule has 0 saturated carbocycles. The average molecular weight is 301 g/mol. The molecule has 0 unspecified atom stereocenters. The van der Waals surface area contributed by atoms with Crippen LogP contribution >= 0.6 is 0 Å². The maximum Gasteiger partial charge on any atom is 0.319 e. The summed E-state index contributed by atoms with van der Waals surface area (Å²) in [6.45, 7) is 5.33. The van der Waals surface area contributed by atoms with E-state index in [1.165, 1.54) is 6.07 Å². The fraction of sp³-hybridized carbons (Fsp3) is 0.417. The SMILES string of the molecule is Cc1cc(C)c(S(=O)(=O)O)cc1NC(=O)NC[C@H](C)N. The largest absolute Gasteiger partial charge is 0.336 e. The molecule has 0 radical (unpaired) electrons. The molecule has 20 heavy (non-hydrogen) atoms. The summed E-state index contributed by atoms with van der Waals surface area (Å²) < 4.78 is 31.6. The van der Waals surface area contributed by atoms with Gasteiger partial charge in [-0.25, -0.2) is 4.79 Å².